The van der Waals surface area contributed by atoms with E-state index in [1.165, 1.54) is 12.8 Å². The molecule has 20 heavy (non-hydrogen) atoms. The Hall–Kier alpha value is -0.770. The number of aliphatic imine (C=N–C) groups is 1. The van der Waals surface area contributed by atoms with E-state index >= 15 is 0 Å². The van der Waals surface area contributed by atoms with Gasteiger partial charge in [-0.15, -0.1) is 0 Å². The van der Waals surface area contributed by atoms with Crippen molar-refractivity contribution in [2.45, 2.75) is 78.9 Å². The van der Waals surface area contributed by atoms with Gasteiger partial charge in [-0.05, 0) is 46.0 Å². The fourth-order valence-electron chi connectivity index (χ4n) is 1.93. The molecular formula is C16H35N3O. The van der Waals surface area contributed by atoms with Gasteiger partial charge in [0.15, 0.2) is 5.96 Å². The maximum absolute atomic E-state index is 5.88. The number of guanidine groups is 1. The van der Waals surface area contributed by atoms with Crippen LogP contribution in [0.2, 0.25) is 0 Å². The van der Waals surface area contributed by atoms with Crippen molar-refractivity contribution in [3.63, 3.8) is 0 Å². The van der Waals surface area contributed by atoms with Crippen LogP contribution in [0.1, 0.15) is 66.7 Å². The molecule has 0 spiro atoms. The van der Waals surface area contributed by atoms with E-state index in [0.29, 0.717) is 18.1 Å². The molecule has 0 radical (unpaired) electrons. The molecule has 3 N–H and O–H groups in total. The summed E-state index contributed by atoms with van der Waals surface area (Å²) in [6, 6.07) is 0.404. The van der Waals surface area contributed by atoms with Gasteiger partial charge >= 0.3 is 0 Å². The Morgan fingerprint density at radius 3 is 2.35 bits per heavy atom. The first-order valence-electron chi connectivity index (χ1n) is 8.09. The van der Waals surface area contributed by atoms with Gasteiger partial charge in [-0.2, -0.15) is 0 Å². The third-order valence-electron chi connectivity index (χ3n) is 3.10. The van der Waals surface area contributed by atoms with Crippen molar-refractivity contribution >= 4 is 5.96 Å². The van der Waals surface area contributed by atoms with E-state index in [0.717, 1.165) is 38.3 Å². The number of rotatable bonds is 11. The van der Waals surface area contributed by atoms with E-state index < -0.39 is 0 Å². The van der Waals surface area contributed by atoms with Crippen LogP contribution in [-0.4, -0.2) is 31.3 Å². The van der Waals surface area contributed by atoms with Crippen molar-refractivity contribution in [3.8, 4) is 0 Å². The Morgan fingerprint density at radius 2 is 1.75 bits per heavy atom. The minimum atomic E-state index is 0.317. The lowest BCUT2D eigenvalue weighted by Gasteiger charge is -2.15. The van der Waals surface area contributed by atoms with Crippen molar-refractivity contribution in [2.24, 2.45) is 16.6 Å². The summed E-state index contributed by atoms with van der Waals surface area (Å²) in [5, 5.41) is 3.26. The maximum atomic E-state index is 5.88. The van der Waals surface area contributed by atoms with Crippen LogP contribution in [0.3, 0.4) is 0 Å². The summed E-state index contributed by atoms with van der Waals surface area (Å²) >= 11 is 0. The molecule has 0 aliphatic carbocycles. The molecule has 0 aliphatic heterocycles. The summed E-state index contributed by atoms with van der Waals surface area (Å²) in [7, 11) is 0. The topological polar surface area (TPSA) is 59.6 Å². The lowest BCUT2D eigenvalue weighted by atomic mass is 10.0. The van der Waals surface area contributed by atoms with E-state index in [9.17, 15) is 0 Å². The zero-order valence-corrected chi connectivity index (χ0v) is 14.1. The fraction of sp³-hybridized carbons (Fsp3) is 0.938. The zero-order chi connectivity index (χ0) is 15.4. The van der Waals surface area contributed by atoms with Gasteiger partial charge in [-0.25, -0.2) is 0 Å². The number of nitrogens with one attached hydrogen (secondary N) is 1. The first-order valence-corrected chi connectivity index (χ1v) is 8.09. The number of nitrogens with zero attached hydrogens (tertiary/aromatic N) is 1. The third-order valence-corrected chi connectivity index (χ3v) is 3.10. The van der Waals surface area contributed by atoms with E-state index in [1.807, 2.05) is 0 Å². The normalized spacial score (nSPS) is 14.1. The molecule has 0 saturated carbocycles. The molecule has 4 nitrogen and oxygen atoms in total. The van der Waals surface area contributed by atoms with Crippen LogP contribution in [-0.2, 0) is 4.74 Å². The largest absolute Gasteiger partial charge is 0.379 e. The Balaban J connectivity index is 3.58. The second-order valence-electron chi connectivity index (χ2n) is 6.26. The van der Waals surface area contributed by atoms with Crippen molar-refractivity contribution in [1.29, 1.82) is 0 Å². The molecule has 0 aromatic heterocycles. The predicted molar refractivity (Wildman–Crippen MR) is 88.1 cm³/mol. The van der Waals surface area contributed by atoms with Gasteiger partial charge in [0, 0.05) is 19.2 Å². The molecule has 0 heterocycles. The molecule has 0 aromatic rings. The highest BCUT2D eigenvalue weighted by Gasteiger charge is 2.03. The van der Waals surface area contributed by atoms with Gasteiger partial charge in [0.2, 0.25) is 0 Å². The molecule has 0 aromatic carbocycles. The molecule has 0 aliphatic rings. The lowest BCUT2D eigenvalue weighted by Crippen LogP contribution is -2.38. The molecular weight excluding hydrogens is 250 g/mol. The van der Waals surface area contributed by atoms with Gasteiger partial charge in [0.25, 0.3) is 0 Å². The smallest absolute Gasteiger partial charge is 0.188 e. The number of nitrogens with two attached hydrogens (primary N) is 1. The maximum Gasteiger partial charge on any atom is 0.188 e. The summed E-state index contributed by atoms with van der Waals surface area (Å²) in [6.45, 7) is 12.4. The fourth-order valence-corrected chi connectivity index (χ4v) is 1.93. The van der Waals surface area contributed by atoms with Crippen molar-refractivity contribution < 1.29 is 4.74 Å². The monoisotopic (exact) mass is 285 g/mol. The molecule has 4 heteroatoms. The highest BCUT2D eigenvalue weighted by molar-refractivity contribution is 5.78. The van der Waals surface area contributed by atoms with Crippen LogP contribution >= 0.6 is 0 Å². The van der Waals surface area contributed by atoms with Crippen LogP contribution in [0.15, 0.2) is 4.99 Å². The Labute approximate surface area is 125 Å². The number of unbranched alkanes of at least 4 members (excludes halogenated alkanes) is 1. The number of hydrogen-bond donors (Lipinski definition) is 2. The van der Waals surface area contributed by atoms with Crippen molar-refractivity contribution in [2.75, 3.05) is 13.2 Å². The predicted octanol–water partition coefficient (Wildman–Crippen LogP) is 3.31. The van der Waals surface area contributed by atoms with E-state index in [2.05, 4.69) is 44.9 Å². The highest BCUT2D eigenvalue weighted by Crippen LogP contribution is 2.07. The SMILES string of the molecule is CC(C)CCCC(C)NC(N)=NCCCCOC(C)C. The average molecular weight is 285 g/mol. The molecule has 1 unspecified atom stereocenters. The Morgan fingerprint density at radius 1 is 1.05 bits per heavy atom. The van der Waals surface area contributed by atoms with Crippen LogP contribution in [0, 0.1) is 5.92 Å². The molecule has 1 atom stereocenters. The molecule has 0 rings (SSSR count). The van der Waals surface area contributed by atoms with Crippen LogP contribution in [0.4, 0.5) is 0 Å². The average Bonchev–Trinajstić information content (AvgIpc) is 2.32. The first-order chi connectivity index (χ1) is 9.41. The second-order valence-corrected chi connectivity index (χ2v) is 6.26. The van der Waals surface area contributed by atoms with E-state index in [-0.39, 0.29) is 0 Å². The minimum absolute atomic E-state index is 0.317. The summed E-state index contributed by atoms with van der Waals surface area (Å²) in [5.41, 5.74) is 5.88. The molecule has 0 bridgehead atoms. The number of hydrogen-bond acceptors (Lipinski definition) is 2. The van der Waals surface area contributed by atoms with Gasteiger partial charge in [0.05, 0.1) is 6.10 Å². The molecule has 0 saturated heterocycles. The number of ether oxygens (including phenoxy) is 1. The standard InChI is InChI=1S/C16H35N3O/c1-13(2)9-8-10-15(5)19-16(17)18-11-6-7-12-20-14(3)4/h13-15H,6-12H2,1-5H3,(H3,17,18,19). The van der Waals surface area contributed by atoms with Gasteiger partial charge in [-0.1, -0.05) is 26.7 Å². The highest BCUT2D eigenvalue weighted by atomic mass is 16.5. The van der Waals surface area contributed by atoms with E-state index in [4.69, 9.17) is 10.5 Å². The quantitative estimate of drug-likeness (QED) is 0.348. The van der Waals surface area contributed by atoms with Crippen LogP contribution in [0.5, 0.6) is 0 Å². The first kappa shape index (κ1) is 19.2. The van der Waals surface area contributed by atoms with Crippen molar-refractivity contribution in [1.82, 2.24) is 5.32 Å². The Bertz CT molecular complexity index is 252. The summed E-state index contributed by atoms with van der Waals surface area (Å²) in [6.07, 6.45) is 6.05. The summed E-state index contributed by atoms with van der Waals surface area (Å²) in [4.78, 5) is 4.35. The summed E-state index contributed by atoms with van der Waals surface area (Å²) in [5.74, 6) is 1.35. The van der Waals surface area contributed by atoms with Gasteiger partial charge < -0.3 is 15.8 Å². The van der Waals surface area contributed by atoms with Gasteiger partial charge in [0.1, 0.15) is 0 Å². The van der Waals surface area contributed by atoms with E-state index in [1.54, 1.807) is 0 Å². The van der Waals surface area contributed by atoms with Crippen molar-refractivity contribution in [3.05, 3.63) is 0 Å². The van der Waals surface area contributed by atoms with Gasteiger partial charge in [-0.3, -0.25) is 4.99 Å². The minimum Gasteiger partial charge on any atom is -0.379 e. The summed E-state index contributed by atoms with van der Waals surface area (Å²) < 4.78 is 5.48. The molecule has 0 amide bonds. The lowest BCUT2D eigenvalue weighted by molar-refractivity contribution is 0.0764. The van der Waals surface area contributed by atoms with Crippen LogP contribution in [0.25, 0.3) is 0 Å². The third kappa shape index (κ3) is 13.7. The van der Waals surface area contributed by atoms with Crippen LogP contribution < -0.4 is 11.1 Å². The zero-order valence-electron chi connectivity index (χ0n) is 14.1. The Kier molecular flexibility index (Phi) is 11.5. The second kappa shape index (κ2) is 12.0. The molecule has 120 valence electrons. The molecule has 0 fully saturated rings.